The van der Waals surface area contributed by atoms with E-state index >= 15 is 0 Å². The van der Waals surface area contributed by atoms with Crippen molar-refractivity contribution >= 4 is 33.2 Å². The monoisotopic (exact) mass is 701 g/mol. The minimum Gasteiger partial charge on any atom is -0.497 e. The number of halogens is 1. The van der Waals surface area contributed by atoms with E-state index in [4.69, 9.17) is 25.8 Å². The van der Waals surface area contributed by atoms with Crippen molar-refractivity contribution in [2.45, 2.75) is 69.7 Å². The smallest absolute Gasteiger partial charge is 0.261 e. The van der Waals surface area contributed by atoms with E-state index in [1.807, 2.05) is 38.2 Å². The number of hydrogen-bond acceptors (Lipinski definition) is 8. The number of carbonyl (C=O) groups is 1. The third kappa shape index (κ3) is 10.3. The number of sulfonamides is 1. The molecule has 2 N–H and O–H groups in total. The first kappa shape index (κ1) is 37.5. The summed E-state index contributed by atoms with van der Waals surface area (Å²) in [6.07, 6.45) is 2.08. The molecule has 0 saturated heterocycles. The van der Waals surface area contributed by atoms with Gasteiger partial charge in [0.25, 0.3) is 15.9 Å². The fraction of sp³-hybridized carbons (Fsp3) is 0.472. The Bertz CT molecular complexity index is 1590. The van der Waals surface area contributed by atoms with Gasteiger partial charge in [-0.2, -0.15) is 0 Å². The predicted octanol–water partition coefficient (Wildman–Crippen LogP) is 6.08. The Morgan fingerprint density at radius 2 is 1.79 bits per heavy atom. The highest BCUT2D eigenvalue weighted by Crippen LogP contribution is 2.30. The molecule has 4 atom stereocenters. The second-order valence-corrected chi connectivity index (χ2v) is 14.7. The largest absolute Gasteiger partial charge is 0.497 e. The fourth-order valence-corrected chi connectivity index (χ4v) is 6.87. The van der Waals surface area contributed by atoms with Crippen LogP contribution in [0.2, 0.25) is 5.02 Å². The number of carbonyl (C=O) groups excluding carboxylic acids is 1. The van der Waals surface area contributed by atoms with Gasteiger partial charge >= 0.3 is 0 Å². The Morgan fingerprint density at radius 3 is 2.46 bits per heavy atom. The minimum atomic E-state index is -3.96. The van der Waals surface area contributed by atoms with Crippen molar-refractivity contribution in [1.29, 1.82) is 0 Å². The van der Waals surface area contributed by atoms with E-state index in [0.29, 0.717) is 37.0 Å². The summed E-state index contributed by atoms with van der Waals surface area (Å²) in [7, 11) is -0.268. The first-order chi connectivity index (χ1) is 22.9. The molecule has 0 spiro atoms. The van der Waals surface area contributed by atoms with Crippen LogP contribution in [-0.2, 0) is 21.3 Å². The van der Waals surface area contributed by atoms with Gasteiger partial charge in [-0.25, -0.2) is 8.42 Å². The van der Waals surface area contributed by atoms with Crippen molar-refractivity contribution < 1.29 is 32.5 Å². The van der Waals surface area contributed by atoms with Crippen molar-refractivity contribution in [3.05, 3.63) is 82.9 Å². The lowest BCUT2D eigenvalue weighted by atomic mass is 10.0. The standard InChI is InChI=1S/C36H48ClN3O7S/c1-25-21-40(26(2)24-41)36(42)33-20-30(38-48(43,44)32-16-11-29(37)12-17-32)13-18-34(33)47-27(3)8-6-7-19-46-35(25)23-39(4)22-28-9-14-31(45-5)15-10-28/h9-18,20,25-27,35,38,41H,6-8,19,21-24H2,1-5H3/t25-,26+,27+,35-/m0/s1. The second kappa shape index (κ2) is 17.3. The lowest BCUT2D eigenvalue weighted by molar-refractivity contribution is -0.0177. The number of methoxy groups -OCH3 is 1. The molecule has 0 saturated carbocycles. The molecule has 1 heterocycles. The maximum absolute atomic E-state index is 14.4. The van der Waals surface area contributed by atoms with Crippen LogP contribution >= 0.6 is 11.6 Å². The maximum atomic E-state index is 14.4. The third-order valence-corrected chi connectivity index (χ3v) is 10.2. The highest BCUT2D eigenvalue weighted by atomic mass is 35.5. The molecule has 0 fully saturated rings. The van der Waals surface area contributed by atoms with E-state index in [9.17, 15) is 18.3 Å². The first-order valence-electron chi connectivity index (χ1n) is 16.3. The second-order valence-electron chi connectivity index (χ2n) is 12.6. The SMILES string of the molecule is COc1ccc(CN(C)C[C@@H]2OCCCC[C@@H](C)Oc3ccc(NS(=O)(=O)c4ccc(Cl)cc4)cc3C(=O)N([C@H](C)CO)C[C@@H]2C)cc1. The Hall–Kier alpha value is -3.35. The highest BCUT2D eigenvalue weighted by Gasteiger charge is 2.30. The number of amides is 1. The minimum absolute atomic E-state index is 0.0375. The number of likely N-dealkylation sites (N-methyl/N-ethyl adjacent to an activating group) is 1. The van der Waals surface area contributed by atoms with Gasteiger partial charge in [0.2, 0.25) is 0 Å². The maximum Gasteiger partial charge on any atom is 0.261 e. The van der Waals surface area contributed by atoms with Crippen molar-refractivity contribution in [2.24, 2.45) is 5.92 Å². The highest BCUT2D eigenvalue weighted by molar-refractivity contribution is 7.92. The van der Waals surface area contributed by atoms with Crippen LogP contribution in [0.3, 0.4) is 0 Å². The van der Waals surface area contributed by atoms with Gasteiger partial charge in [-0.3, -0.25) is 14.4 Å². The molecule has 0 radical (unpaired) electrons. The Balaban J connectivity index is 1.62. The number of anilines is 1. The van der Waals surface area contributed by atoms with Crippen LogP contribution in [0.4, 0.5) is 5.69 Å². The Kier molecular flexibility index (Phi) is 13.5. The summed E-state index contributed by atoms with van der Waals surface area (Å²) in [6.45, 7) is 7.77. The van der Waals surface area contributed by atoms with Crippen LogP contribution in [-0.4, -0.2) is 87.9 Å². The van der Waals surface area contributed by atoms with Gasteiger partial charge in [-0.1, -0.05) is 30.7 Å². The Labute approximate surface area is 290 Å². The molecule has 4 rings (SSSR count). The molecule has 0 unspecified atom stereocenters. The zero-order valence-electron chi connectivity index (χ0n) is 28.4. The number of benzene rings is 3. The zero-order valence-corrected chi connectivity index (χ0v) is 30.0. The summed E-state index contributed by atoms with van der Waals surface area (Å²) in [5.74, 6) is 0.688. The molecular formula is C36H48ClN3O7S. The van der Waals surface area contributed by atoms with Crippen LogP contribution in [0.15, 0.2) is 71.6 Å². The van der Waals surface area contributed by atoms with Gasteiger partial charge in [0.15, 0.2) is 0 Å². The molecule has 0 bridgehead atoms. The Morgan fingerprint density at radius 1 is 1.08 bits per heavy atom. The van der Waals surface area contributed by atoms with Crippen molar-refractivity contribution in [3.63, 3.8) is 0 Å². The lowest BCUT2D eigenvalue weighted by Crippen LogP contribution is -2.47. The molecule has 1 aliphatic heterocycles. The molecule has 0 aromatic heterocycles. The first-order valence-corrected chi connectivity index (χ1v) is 18.2. The number of ether oxygens (including phenoxy) is 3. The number of aliphatic hydroxyl groups is 1. The van der Waals surface area contributed by atoms with Crippen LogP contribution < -0.4 is 14.2 Å². The van der Waals surface area contributed by atoms with Crippen molar-refractivity contribution in [2.75, 3.05) is 45.2 Å². The molecule has 10 nitrogen and oxygen atoms in total. The topological polar surface area (TPSA) is 118 Å². The van der Waals surface area contributed by atoms with Crippen molar-refractivity contribution in [3.8, 4) is 11.5 Å². The molecule has 12 heteroatoms. The summed E-state index contributed by atoms with van der Waals surface area (Å²) < 4.78 is 47.0. The average Bonchev–Trinajstić information content (AvgIpc) is 3.06. The number of nitrogens with zero attached hydrogens (tertiary/aromatic N) is 2. The van der Waals surface area contributed by atoms with Crippen LogP contribution in [0.1, 0.15) is 56.0 Å². The van der Waals surface area contributed by atoms with E-state index in [0.717, 1.165) is 30.6 Å². The summed E-state index contributed by atoms with van der Waals surface area (Å²) >= 11 is 5.96. The number of rotatable bonds is 10. The van der Waals surface area contributed by atoms with Gasteiger partial charge in [-0.05, 0) is 100 Å². The van der Waals surface area contributed by atoms with Crippen LogP contribution in [0, 0.1) is 5.92 Å². The fourth-order valence-electron chi connectivity index (χ4n) is 5.69. The summed E-state index contributed by atoms with van der Waals surface area (Å²) in [4.78, 5) is 18.3. The molecule has 3 aromatic rings. The molecule has 3 aromatic carbocycles. The molecule has 0 aliphatic carbocycles. The van der Waals surface area contributed by atoms with E-state index in [-0.39, 0.29) is 46.8 Å². The third-order valence-electron chi connectivity index (χ3n) is 8.53. The van der Waals surface area contributed by atoms with E-state index in [1.165, 1.54) is 30.3 Å². The number of fused-ring (bicyclic) bond motifs is 1. The zero-order chi connectivity index (χ0) is 34.8. The number of hydrogen-bond donors (Lipinski definition) is 2. The van der Waals surface area contributed by atoms with Gasteiger partial charge in [0.05, 0.1) is 42.4 Å². The van der Waals surface area contributed by atoms with Gasteiger partial charge < -0.3 is 24.2 Å². The summed E-state index contributed by atoms with van der Waals surface area (Å²) in [5, 5.41) is 10.7. The van der Waals surface area contributed by atoms with E-state index in [2.05, 4.69) is 16.5 Å². The van der Waals surface area contributed by atoms with Gasteiger partial charge in [0, 0.05) is 42.9 Å². The summed E-state index contributed by atoms with van der Waals surface area (Å²) in [5.41, 5.74) is 1.56. The van der Waals surface area contributed by atoms with Crippen LogP contribution in [0.25, 0.3) is 0 Å². The van der Waals surface area contributed by atoms with E-state index in [1.54, 1.807) is 31.1 Å². The molecule has 262 valence electrons. The molecule has 48 heavy (non-hydrogen) atoms. The molecule has 1 amide bonds. The van der Waals surface area contributed by atoms with Gasteiger partial charge in [0.1, 0.15) is 11.5 Å². The summed E-state index contributed by atoms with van der Waals surface area (Å²) in [6, 6.07) is 18.0. The van der Waals surface area contributed by atoms with Gasteiger partial charge in [-0.15, -0.1) is 0 Å². The quantitative estimate of drug-likeness (QED) is 0.262. The van der Waals surface area contributed by atoms with E-state index < -0.39 is 16.1 Å². The molecule has 1 aliphatic rings. The number of aliphatic hydroxyl groups excluding tert-OH is 1. The predicted molar refractivity (Wildman–Crippen MR) is 188 cm³/mol. The van der Waals surface area contributed by atoms with Crippen molar-refractivity contribution in [1.82, 2.24) is 9.80 Å². The lowest BCUT2D eigenvalue weighted by Gasteiger charge is -2.36. The average molecular weight is 702 g/mol. The number of nitrogens with one attached hydrogen (secondary N) is 1. The normalized spacial score (nSPS) is 20.4. The molecular weight excluding hydrogens is 654 g/mol. The van der Waals surface area contributed by atoms with Crippen LogP contribution in [0.5, 0.6) is 11.5 Å².